The minimum atomic E-state index is -0.596. The summed E-state index contributed by atoms with van der Waals surface area (Å²) in [5.74, 6) is 0.886. The molecule has 1 N–H and O–H groups in total. The van der Waals surface area contributed by atoms with E-state index in [2.05, 4.69) is 21.2 Å². The second-order valence-electron chi connectivity index (χ2n) is 7.36. The van der Waals surface area contributed by atoms with Crippen molar-refractivity contribution < 1.29 is 19.1 Å². The Morgan fingerprint density at radius 2 is 1.77 bits per heavy atom. The fourth-order valence-corrected chi connectivity index (χ4v) is 3.35. The van der Waals surface area contributed by atoms with Crippen molar-refractivity contribution in [2.45, 2.75) is 52.2 Å². The molecule has 0 bridgehead atoms. The fraction of sp³-hybridized carbons (Fsp3) is 0.417. The molecule has 2 atom stereocenters. The van der Waals surface area contributed by atoms with Crippen LogP contribution in [0, 0.1) is 0 Å². The van der Waals surface area contributed by atoms with E-state index in [0.717, 1.165) is 16.5 Å². The summed E-state index contributed by atoms with van der Waals surface area (Å²) in [4.78, 5) is 27.7. The Morgan fingerprint density at radius 3 is 2.39 bits per heavy atom. The van der Waals surface area contributed by atoms with Gasteiger partial charge in [0.15, 0.2) is 6.61 Å². The van der Waals surface area contributed by atoms with Gasteiger partial charge in [0, 0.05) is 17.1 Å². The molecule has 0 saturated carbocycles. The average Bonchev–Trinajstić information content (AvgIpc) is 2.78. The first-order valence-electron chi connectivity index (χ1n) is 10.5. The van der Waals surface area contributed by atoms with Crippen molar-refractivity contribution in [2.75, 3.05) is 13.7 Å². The van der Waals surface area contributed by atoms with Gasteiger partial charge in [-0.2, -0.15) is 0 Å². The van der Waals surface area contributed by atoms with Crippen LogP contribution >= 0.6 is 15.9 Å². The molecule has 2 rings (SSSR count). The molecule has 6 nitrogen and oxygen atoms in total. The fourth-order valence-electron chi connectivity index (χ4n) is 3.09. The van der Waals surface area contributed by atoms with Crippen LogP contribution in [0.4, 0.5) is 0 Å². The van der Waals surface area contributed by atoms with Crippen molar-refractivity contribution in [3.63, 3.8) is 0 Å². The van der Waals surface area contributed by atoms with Crippen LogP contribution < -0.4 is 14.8 Å². The summed E-state index contributed by atoms with van der Waals surface area (Å²) in [5, 5.41) is 3.00. The van der Waals surface area contributed by atoms with Crippen molar-refractivity contribution >= 4 is 27.7 Å². The van der Waals surface area contributed by atoms with Crippen LogP contribution in [-0.2, 0) is 16.1 Å². The number of hydrogen-bond donors (Lipinski definition) is 1. The van der Waals surface area contributed by atoms with E-state index in [-0.39, 0.29) is 31.0 Å². The first-order chi connectivity index (χ1) is 14.9. The highest BCUT2D eigenvalue weighted by molar-refractivity contribution is 9.10. The lowest BCUT2D eigenvalue weighted by atomic mass is 10.1. The summed E-state index contributed by atoms with van der Waals surface area (Å²) in [5.41, 5.74) is 0.881. The Balaban J connectivity index is 2.22. The highest BCUT2D eigenvalue weighted by Gasteiger charge is 2.29. The minimum absolute atomic E-state index is 0.0364. The molecule has 0 radical (unpaired) electrons. The summed E-state index contributed by atoms with van der Waals surface area (Å²) in [6, 6.07) is 14.2. The molecule has 0 heterocycles. The number of benzene rings is 2. The SMILES string of the molecule is CCC(C)NC(=O)C(CC)N(Cc1cccc(OC)c1)C(=O)COc1ccc(Br)cc1. The summed E-state index contributed by atoms with van der Waals surface area (Å²) < 4.78 is 11.9. The average molecular weight is 491 g/mol. The number of ether oxygens (including phenoxy) is 2. The monoisotopic (exact) mass is 490 g/mol. The molecule has 0 aliphatic rings. The molecule has 168 valence electrons. The third kappa shape index (κ3) is 7.58. The Morgan fingerprint density at radius 1 is 1.06 bits per heavy atom. The van der Waals surface area contributed by atoms with Crippen molar-refractivity contribution in [3.8, 4) is 11.5 Å². The molecule has 0 fully saturated rings. The van der Waals surface area contributed by atoms with Gasteiger partial charge in [0.05, 0.1) is 7.11 Å². The molecule has 2 unspecified atom stereocenters. The molecule has 0 aromatic heterocycles. The second-order valence-corrected chi connectivity index (χ2v) is 8.27. The van der Waals surface area contributed by atoms with Crippen LogP contribution in [0.15, 0.2) is 53.0 Å². The smallest absolute Gasteiger partial charge is 0.261 e. The highest BCUT2D eigenvalue weighted by atomic mass is 79.9. The van der Waals surface area contributed by atoms with Crippen LogP contribution in [-0.4, -0.2) is 42.5 Å². The molecule has 2 aromatic carbocycles. The van der Waals surface area contributed by atoms with Crippen molar-refractivity contribution in [1.29, 1.82) is 0 Å². The van der Waals surface area contributed by atoms with Crippen molar-refractivity contribution in [1.82, 2.24) is 10.2 Å². The quantitative estimate of drug-likeness (QED) is 0.501. The standard InChI is InChI=1S/C24H31BrN2O4/c1-5-17(3)26-24(29)22(6-2)27(15-18-8-7-9-21(14-18)30-4)23(28)16-31-20-12-10-19(25)11-13-20/h7-14,17,22H,5-6,15-16H2,1-4H3,(H,26,29). The van der Waals surface area contributed by atoms with Crippen LogP contribution in [0.2, 0.25) is 0 Å². The number of rotatable bonds is 11. The normalized spacial score (nSPS) is 12.5. The van der Waals surface area contributed by atoms with Gasteiger partial charge < -0.3 is 19.7 Å². The van der Waals surface area contributed by atoms with E-state index >= 15 is 0 Å². The van der Waals surface area contributed by atoms with Gasteiger partial charge in [-0.05, 0) is 61.7 Å². The molecule has 31 heavy (non-hydrogen) atoms. The number of amides is 2. The molecule has 0 saturated heterocycles. The molecular formula is C24H31BrN2O4. The number of methoxy groups -OCH3 is 1. The predicted molar refractivity (Wildman–Crippen MR) is 125 cm³/mol. The number of nitrogens with zero attached hydrogens (tertiary/aromatic N) is 1. The second kappa shape index (κ2) is 12.3. The van der Waals surface area contributed by atoms with E-state index in [0.29, 0.717) is 17.9 Å². The topological polar surface area (TPSA) is 67.9 Å². The van der Waals surface area contributed by atoms with Crippen LogP contribution in [0.1, 0.15) is 39.2 Å². The first-order valence-corrected chi connectivity index (χ1v) is 11.3. The van der Waals surface area contributed by atoms with E-state index in [1.165, 1.54) is 0 Å². The number of halogens is 1. The van der Waals surface area contributed by atoms with E-state index in [9.17, 15) is 9.59 Å². The Bertz CT molecular complexity index is 857. The van der Waals surface area contributed by atoms with Crippen LogP contribution in [0.3, 0.4) is 0 Å². The van der Waals surface area contributed by atoms with Gasteiger partial charge in [0.1, 0.15) is 17.5 Å². The minimum Gasteiger partial charge on any atom is -0.497 e. The molecule has 2 aromatic rings. The van der Waals surface area contributed by atoms with E-state index in [4.69, 9.17) is 9.47 Å². The van der Waals surface area contributed by atoms with Gasteiger partial charge in [0.2, 0.25) is 5.91 Å². The lowest BCUT2D eigenvalue weighted by Crippen LogP contribution is -2.51. The maximum atomic E-state index is 13.2. The van der Waals surface area contributed by atoms with E-state index in [1.807, 2.05) is 57.2 Å². The Kier molecular flexibility index (Phi) is 9.85. The van der Waals surface area contributed by atoms with Gasteiger partial charge in [-0.25, -0.2) is 0 Å². The molecule has 0 aliphatic heterocycles. The van der Waals surface area contributed by atoms with Gasteiger partial charge in [-0.3, -0.25) is 9.59 Å². The number of carbonyl (C=O) groups is 2. The first kappa shape index (κ1) is 24.7. The molecule has 7 heteroatoms. The van der Waals surface area contributed by atoms with Gasteiger partial charge >= 0.3 is 0 Å². The largest absolute Gasteiger partial charge is 0.497 e. The summed E-state index contributed by atoms with van der Waals surface area (Å²) in [6.45, 7) is 6.00. The van der Waals surface area contributed by atoms with Gasteiger partial charge in [-0.15, -0.1) is 0 Å². The highest BCUT2D eigenvalue weighted by Crippen LogP contribution is 2.19. The third-order valence-corrected chi connectivity index (χ3v) is 5.58. The number of hydrogen-bond acceptors (Lipinski definition) is 4. The van der Waals surface area contributed by atoms with Gasteiger partial charge in [0.25, 0.3) is 5.91 Å². The van der Waals surface area contributed by atoms with Crippen LogP contribution in [0.5, 0.6) is 11.5 Å². The Labute approximate surface area is 193 Å². The summed E-state index contributed by atoms with van der Waals surface area (Å²) in [7, 11) is 1.60. The third-order valence-electron chi connectivity index (χ3n) is 5.05. The van der Waals surface area contributed by atoms with Crippen molar-refractivity contribution in [3.05, 3.63) is 58.6 Å². The number of carbonyl (C=O) groups excluding carboxylic acids is 2. The van der Waals surface area contributed by atoms with Crippen LogP contribution in [0.25, 0.3) is 0 Å². The van der Waals surface area contributed by atoms with Crippen molar-refractivity contribution in [2.24, 2.45) is 0 Å². The zero-order valence-corrected chi connectivity index (χ0v) is 20.1. The molecule has 0 spiro atoms. The molecular weight excluding hydrogens is 460 g/mol. The predicted octanol–water partition coefficient (Wildman–Crippen LogP) is 4.56. The van der Waals surface area contributed by atoms with Gasteiger partial charge in [-0.1, -0.05) is 41.9 Å². The number of nitrogens with one attached hydrogen (secondary N) is 1. The Hall–Kier alpha value is -2.54. The summed E-state index contributed by atoms with van der Waals surface area (Å²) >= 11 is 3.38. The van der Waals surface area contributed by atoms with E-state index in [1.54, 1.807) is 24.1 Å². The molecule has 2 amide bonds. The molecule has 0 aliphatic carbocycles. The van der Waals surface area contributed by atoms with E-state index < -0.39 is 6.04 Å². The summed E-state index contributed by atoms with van der Waals surface area (Å²) in [6.07, 6.45) is 1.31. The maximum absolute atomic E-state index is 13.2. The zero-order valence-electron chi connectivity index (χ0n) is 18.6. The lowest BCUT2D eigenvalue weighted by molar-refractivity contribution is -0.143. The maximum Gasteiger partial charge on any atom is 0.261 e. The zero-order chi connectivity index (χ0) is 22.8. The lowest BCUT2D eigenvalue weighted by Gasteiger charge is -2.31.